The molecule has 0 aliphatic rings. The lowest BCUT2D eigenvalue weighted by Crippen LogP contribution is -2.41. The molecule has 0 spiro atoms. The molecule has 0 aromatic heterocycles. The van der Waals surface area contributed by atoms with E-state index in [1.54, 1.807) is 0 Å². The summed E-state index contributed by atoms with van der Waals surface area (Å²) in [6, 6.07) is 0. The van der Waals surface area contributed by atoms with Gasteiger partial charge in [-0.05, 0) is 38.5 Å². The molecule has 0 saturated heterocycles. The van der Waals surface area contributed by atoms with Crippen molar-refractivity contribution in [2.24, 2.45) is 0 Å². The van der Waals surface area contributed by atoms with Gasteiger partial charge in [0, 0.05) is 0 Å². The van der Waals surface area contributed by atoms with Gasteiger partial charge >= 0.3 is 0 Å². The minimum Gasteiger partial charge on any atom is -0.331 e. The van der Waals surface area contributed by atoms with Crippen molar-refractivity contribution in [3.63, 3.8) is 0 Å². The summed E-state index contributed by atoms with van der Waals surface area (Å²) in [7, 11) is 11.7. The minimum absolute atomic E-state index is 0. The van der Waals surface area contributed by atoms with Gasteiger partial charge in [-0.15, -0.1) is 12.4 Å². The Morgan fingerprint density at radius 2 is 0.432 bits per heavy atom. The van der Waals surface area contributed by atoms with Gasteiger partial charge in [0.1, 0.15) is 0 Å². The van der Waals surface area contributed by atoms with Crippen LogP contribution < -0.4 is 0 Å². The number of hydrogen-bond donors (Lipinski definition) is 0. The molecular weight excluding hydrogens is 556 g/mol. The quantitative estimate of drug-likeness (QED) is 0.0491. The Balaban J connectivity index is -0.000000754. The van der Waals surface area contributed by atoms with Crippen LogP contribution in [0.4, 0.5) is 0 Å². The highest BCUT2D eigenvalue weighted by atomic mass is 35.5. The predicted octanol–water partition coefficient (Wildman–Crippen LogP) is 13.9. The summed E-state index contributed by atoms with van der Waals surface area (Å²) < 4.78 is 2.37. The van der Waals surface area contributed by atoms with Crippen molar-refractivity contribution in [2.45, 2.75) is 213 Å². The maximum Gasteiger partial charge on any atom is 0.0782 e. The lowest BCUT2D eigenvalue weighted by Gasteiger charge is -2.30. The predicted molar refractivity (Wildman–Crippen MR) is 208 cm³/mol. The molecule has 0 aromatic rings. The van der Waals surface area contributed by atoms with Gasteiger partial charge in [-0.25, -0.2) is 0 Å². The Hall–Kier alpha value is 0.210. The van der Waals surface area contributed by atoms with Crippen molar-refractivity contribution in [3.8, 4) is 0 Å². The monoisotopic (exact) mass is 647 g/mol. The van der Waals surface area contributed by atoms with Crippen molar-refractivity contribution in [1.82, 2.24) is 0 Å². The first kappa shape index (κ1) is 48.6. The van der Waals surface area contributed by atoms with Gasteiger partial charge in [0.15, 0.2) is 0 Å². The van der Waals surface area contributed by atoms with E-state index < -0.39 is 0 Å². The van der Waals surface area contributed by atoms with Crippen molar-refractivity contribution in [1.29, 1.82) is 0 Å². The van der Waals surface area contributed by atoms with Gasteiger partial charge in [-0.1, -0.05) is 175 Å². The zero-order valence-electron chi connectivity index (χ0n) is 32.6. The fourth-order valence-corrected chi connectivity index (χ4v) is 6.24. The minimum atomic E-state index is 0. The SMILES string of the molecule is CCCCCCCCCCCCCCCC[N+](C)(C)C.CCCCCCCCCC[N+](C)(C)CCCCCCCCCC.Cl. The van der Waals surface area contributed by atoms with E-state index in [0.29, 0.717) is 0 Å². The summed E-state index contributed by atoms with van der Waals surface area (Å²) in [6.07, 6.45) is 43.4. The van der Waals surface area contributed by atoms with Crippen molar-refractivity contribution < 1.29 is 8.97 Å². The molecule has 0 aromatic carbocycles. The van der Waals surface area contributed by atoms with Crippen molar-refractivity contribution >= 4 is 12.4 Å². The Bertz CT molecular complexity index is 477. The average Bonchev–Trinajstić information content (AvgIpc) is 2.96. The third-order valence-corrected chi connectivity index (χ3v) is 9.42. The molecule has 44 heavy (non-hydrogen) atoms. The molecule has 0 heterocycles. The largest absolute Gasteiger partial charge is 0.331 e. The first-order valence-corrected chi connectivity index (χ1v) is 20.3. The summed E-state index contributed by atoms with van der Waals surface area (Å²) in [5.41, 5.74) is 0. The van der Waals surface area contributed by atoms with E-state index in [0.717, 1.165) is 4.48 Å². The molecular formula is C41H91ClN2+2. The van der Waals surface area contributed by atoms with Gasteiger partial charge in [-0.3, -0.25) is 0 Å². The Morgan fingerprint density at radius 1 is 0.250 bits per heavy atom. The van der Waals surface area contributed by atoms with Crippen LogP contribution in [0.1, 0.15) is 213 Å². The van der Waals surface area contributed by atoms with E-state index in [-0.39, 0.29) is 12.4 Å². The molecule has 0 bridgehead atoms. The first-order chi connectivity index (χ1) is 20.7. The Labute approximate surface area is 288 Å². The standard InChI is InChI=1S/C22H48N.C19H42N.ClH/c1-5-7-9-11-13-15-17-19-21-23(3,4)22-20-18-16-14-12-10-8-6-2;1-5-6-7-8-9-10-11-12-13-14-15-16-17-18-19-20(2,3)4;/h5-22H2,1-4H3;5-19H2,1-4H3;1H/q2*+1;. The summed E-state index contributed by atoms with van der Waals surface area (Å²) >= 11 is 0. The molecule has 0 saturated carbocycles. The number of nitrogens with zero attached hydrogens (tertiary/aromatic N) is 2. The summed E-state index contributed by atoms with van der Waals surface area (Å²) in [5.74, 6) is 0. The third-order valence-electron chi connectivity index (χ3n) is 9.42. The normalized spacial score (nSPS) is 11.7. The fourth-order valence-electron chi connectivity index (χ4n) is 6.24. The zero-order chi connectivity index (χ0) is 32.3. The molecule has 0 atom stereocenters. The van der Waals surface area contributed by atoms with E-state index in [9.17, 15) is 0 Å². The molecule has 270 valence electrons. The molecule has 2 nitrogen and oxygen atoms in total. The maximum absolute atomic E-state index is 2.43. The van der Waals surface area contributed by atoms with Crippen LogP contribution >= 0.6 is 12.4 Å². The van der Waals surface area contributed by atoms with E-state index in [4.69, 9.17) is 0 Å². The molecule has 0 amide bonds. The molecule has 3 heteroatoms. The molecule has 0 unspecified atom stereocenters. The van der Waals surface area contributed by atoms with Crippen LogP contribution in [0.15, 0.2) is 0 Å². The van der Waals surface area contributed by atoms with E-state index >= 15 is 0 Å². The highest BCUT2D eigenvalue weighted by Crippen LogP contribution is 2.14. The van der Waals surface area contributed by atoms with Gasteiger partial charge < -0.3 is 8.97 Å². The van der Waals surface area contributed by atoms with Gasteiger partial charge in [0.2, 0.25) is 0 Å². The van der Waals surface area contributed by atoms with Crippen LogP contribution in [-0.2, 0) is 0 Å². The second-order valence-corrected chi connectivity index (χ2v) is 15.9. The van der Waals surface area contributed by atoms with E-state index in [2.05, 4.69) is 56.0 Å². The number of unbranched alkanes of at least 4 members (excludes halogenated alkanes) is 27. The second-order valence-electron chi connectivity index (χ2n) is 15.9. The summed E-state index contributed by atoms with van der Waals surface area (Å²) in [4.78, 5) is 0. The van der Waals surface area contributed by atoms with Crippen LogP contribution in [0.5, 0.6) is 0 Å². The van der Waals surface area contributed by atoms with Crippen LogP contribution in [0.25, 0.3) is 0 Å². The Morgan fingerprint density at radius 3 is 0.636 bits per heavy atom. The summed E-state index contributed by atoms with van der Waals surface area (Å²) in [6.45, 7) is 11.0. The second kappa shape index (κ2) is 37.7. The van der Waals surface area contributed by atoms with Gasteiger partial charge in [-0.2, -0.15) is 0 Å². The summed E-state index contributed by atoms with van der Waals surface area (Å²) in [5, 5.41) is 0. The van der Waals surface area contributed by atoms with Crippen LogP contribution in [0, 0.1) is 0 Å². The number of rotatable bonds is 33. The molecule has 0 radical (unpaired) electrons. The highest BCUT2D eigenvalue weighted by molar-refractivity contribution is 5.85. The molecule has 0 N–H and O–H groups in total. The van der Waals surface area contributed by atoms with Crippen LogP contribution in [-0.4, -0.2) is 63.8 Å². The van der Waals surface area contributed by atoms with Gasteiger partial charge in [0.25, 0.3) is 0 Å². The molecule has 0 fully saturated rings. The van der Waals surface area contributed by atoms with Crippen molar-refractivity contribution in [3.05, 3.63) is 0 Å². The number of halogens is 1. The topological polar surface area (TPSA) is 0 Å². The van der Waals surface area contributed by atoms with Gasteiger partial charge in [0.05, 0.1) is 54.9 Å². The molecule has 0 aliphatic carbocycles. The van der Waals surface area contributed by atoms with Crippen molar-refractivity contribution in [2.75, 3.05) is 54.9 Å². The third kappa shape index (κ3) is 46.6. The molecule has 0 rings (SSSR count). The Kier molecular flexibility index (Phi) is 41.6. The highest BCUT2D eigenvalue weighted by Gasteiger charge is 2.13. The maximum atomic E-state index is 2.43. The average molecular weight is 648 g/mol. The number of quaternary nitrogens is 2. The molecule has 0 aliphatic heterocycles. The lowest BCUT2D eigenvalue weighted by atomic mass is 10.0. The van der Waals surface area contributed by atoms with Crippen LogP contribution in [0.3, 0.4) is 0 Å². The first-order valence-electron chi connectivity index (χ1n) is 20.3. The smallest absolute Gasteiger partial charge is 0.0782 e. The fraction of sp³-hybridized carbons (Fsp3) is 1.00. The lowest BCUT2D eigenvalue weighted by molar-refractivity contribution is -0.890. The number of hydrogen-bond acceptors (Lipinski definition) is 0. The van der Waals surface area contributed by atoms with Crippen LogP contribution in [0.2, 0.25) is 0 Å². The van der Waals surface area contributed by atoms with E-state index in [1.807, 2.05) is 0 Å². The zero-order valence-corrected chi connectivity index (χ0v) is 33.5. The van der Waals surface area contributed by atoms with E-state index in [1.165, 1.54) is 217 Å².